The lowest BCUT2D eigenvalue weighted by atomic mass is 10.2. The van der Waals surface area contributed by atoms with Gasteiger partial charge in [-0.3, -0.25) is 10.4 Å². The zero-order valence-corrected chi connectivity index (χ0v) is 18.8. The summed E-state index contributed by atoms with van der Waals surface area (Å²) in [5, 5.41) is 4.74. The Morgan fingerprint density at radius 2 is 1.35 bits per heavy atom. The highest BCUT2D eigenvalue weighted by Gasteiger charge is 2.16. The summed E-state index contributed by atoms with van der Waals surface area (Å²) in [7, 11) is 0. The van der Waals surface area contributed by atoms with Crippen LogP contribution in [0.15, 0.2) is 33.5 Å². The molecule has 34 heavy (non-hydrogen) atoms. The molecule has 0 unspecified atom stereocenters. The number of nitrogens with one attached hydrogen (secondary N) is 2. The van der Waals surface area contributed by atoms with Crippen LogP contribution in [0.4, 0.5) is 35.7 Å². The van der Waals surface area contributed by atoms with Gasteiger partial charge in [0.15, 0.2) is 0 Å². The molecule has 0 amide bonds. The van der Waals surface area contributed by atoms with E-state index in [1.54, 1.807) is 17.5 Å². The molecular formula is C20H26N12O2. The number of hydrogen-bond donors (Lipinski definition) is 5. The van der Waals surface area contributed by atoms with E-state index in [-0.39, 0.29) is 29.7 Å². The van der Waals surface area contributed by atoms with Gasteiger partial charge in [0.1, 0.15) is 11.5 Å². The van der Waals surface area contributed by atoms with Crippen LogP contribution in [0.25, 0.3) is 0 Å². The fourth-order valence-corrected chi connectivity index (χ4v) is 3.18. The molecule has 0 aromatic carbocycles. The third-order valence-corrected chi connectivity index (χ3v) is 4.68. The molecule has 0 fully saturated rings. The van der Waals surface area contributed by atoms with Gasteiger partial charge in [-0.25, -0.2) is 0 Å². The largest absolute Gasteiger partial charge is 0.469 e. The molecule has 8 N–H and O–H groups in total. The zero-order chi connectivity index (χ0) is 24.1. The predicted octanol–water partition coefficient (Wildman–Crippen LogP) is 1.34. The molecule has 0 radical (unpaired) electrons. The summed E-state index contributed by atoms with van der Waals surface area (Å²) in [6.07, 6.45) is 4.74. The smallest absolute Gasteiger partial charge is 0.251 e. The van der Waals surface area contributed by atoms with Crippen LogP contribution < -0.4 is 33.0 Å². The Kier molecular flexibility index (Phi) is 6.57. The molecule has 0 saturated carbocycles. The Morgan fingerprint density at radius 1 is 0.765 bits per heavy atom. The Hall–Kier alpha value is -4.62. The third kappa shape index (κ3) is 5.99. The van der Waals surface area contributed by atoms with Gasteiger partial charge in [0.05, 0.1) is 12.5 Å². The van der Waals surface area contributed by atoms with E-state index >= 15 is 0 Å². The molecule has 4 aromatic rings. The van der Waals surface area contributed by atoms with Gasteiger partial charge in [0.2, 0.25) is 29.7 Å². The molecule has 14 heteroatoms. The number of rotatable bonds is 10. The topological polar surface area (TPSA) is 209 Å². The molecule has 0 spiro atoms. The van der Waals surface area contributed by atoms with Crippen molar-refractivity contribution in [3.05, 3.63) is 47.3 Å². The van der Waals surface area contributed by atoms with Crippen LogP contribution in [0.5, 0.6) is 0 Å². The molecule has 0 atom stereocenters. The van der Waals surface area contributed by atoms with Crippen molar-refractivity contribution < 1.29 is 8.83 Å². The summed E-state index contributed by atoms with van der Waals surface area (Å²) in [4.78, 5) is 24.9. The number of nitrogen functional groups attached to an aromatic ring is 3. The quantitative estimate of drug-likeness (QED) is 0.209. The Bertz CT molecular complexity index is 1230. The highest BCUT2D eigenvalue weighted by atomic mass is 16.3. The van der Waals surface area contributed by atoms with Gasteiger partial charge in [-0.15, -0.1) is 0 Å². The number of hydrogen-bond acceptors (Lipinski definition) is 14. The van der Waals surface area contributed by atoms with Crippen LogP contribution >= 0.6 is 0 Å². The molecular weight excluding hydrogens is 440 g/mol. The molecule has 0 bridgehead atoms. The van der Waals surface area contributed by atoms with E-state index in [2.05, 4.69) is 40.6 Å². The minimum Gasteiger partial charge on any atom is -0.469 e. The third-order valence-electron chi connectivity index (χ3n) is 4.68. The van der Waals surface area contributed by atoms with Gasteiger partial charge >= 0.3 is 0 Å². The molecule has 0 aliphatic carbocycles. The molecule has 0 aliphatic rings. The van der Waals surface area contributed by atoms with E-state index in [0.717, 1.165) is 29.1 Å². The van der Waals surface area contributed by atoms with Gasteiger partial charge in [-0.1, -0.05) is 0 Å². The van der Waals surface area contributed by atoms with Crippen molar-refractivity contribution in [2.45, 2.75) is 26.7 Å². The van der Waals surface area contributed by atoms with Crippen LogP contribution in [0.3, 0.4) is 0 Å². The monoisotopic (exact) mass is 466 g/mol. The first-order valence-corrected chi connectivity index (χ1v) is 10.5. The number of anilines is 6. The maximum atomic E-state index is 5.91. The average molecular weight is 467 g/mol. The Morgan fingerprint density at radius 3 is 1.97 bits per heavy atom. The fourth-order valence-electron chi connectivity index (χ4n) is 3.18. The van der Waals surface area contributed by atoms with Crippen LogP contribution in [-0.2, 0) is 12.8 Å². The minimum absolute atomic E-state index is 0.0135. The van der Waals surface area contributed by atoms with Crippen molar-refractivity contribution >= 4 is 35.7 Å². The Balaban J connectivity index is 1.49. The number of nitrogens with two attached hydrogens (primary N) is 3. The van der Waals surface area contributed by atoms with Crippen LogP contribution in [0.1, 0.15) is 22.6 Å². The van der Waals surface area contributed by atoms with Crippen molar-refractivity contribution in [1.29, 1.82) is 0 Å². The van der Waals surface area contributed by atoms with Gasteiger partial charge < -0.3 is 31.4 Å². The lowest BCUT2D eigenvalue weighted by Gasteiger charge is -2.23. The summed E-state index contributed by atoms with van der Waals surface area (Å²) in [6, 6.07) is 3.92. The normalized spacial score (nSPS) is 10.9. The molecule has 4 rings (SSSR count). The van der Waals surface area contributed by atoms with Crippen LogP contribution in [0.2, 0.25) is 0 Å². The maximum Gasteiger partial charge on any atom is 0.251 e. The highest BCUT2D eigenvalue weighted by Crippen LogP contribution is 2.16. The minimum atomic E-state index is -0.0135. The molecule has 14 nitrogen and oxygen atoms in total. The molecule has 4 heterocycles. The number of hydrazine groups is 1. The summed E-state index contributed by atoms with van der Waals surface area (Å²) < 4.78 is 10.7. The first-order chi connectivity index (χ1) is 16.3. The van der Waals surface area contributed by atoms with E-state index in [9.17, 15) is 0 Å². The summed E-state index contributed by atoms with van der Waals surface area (Å²) in [6.45, 7) is 4.76. The average Bonchev–Trinajstić information content (AvgIpc) is 3.37. The van der Waals surface area contributed by atoms with Crippen molar-refractivity contribution in [3.63, 3.8) is 0 Å². The standard InChI is InChI=1S/C20H26N12O2/c1-11-7-13(9-33-11)3-5-24-18-26-17(23)27-19(30-18)31-32(6-4-14-8-12(2)34-10-14)20-28-15(21)25-16(22)29-20/h7-10H,3-6H2,1-2H3,(H4,21,22,25,28,29)(H4,23,24,26,27,30,31). The van der Waals surface area contributed by atoms with Crippen molar-refractivity contribution in [2.75, 3.05) is 46.0 Å². The second-order valence-corrected chi connectivity index (χ2v) is 7.51. The Labute approximate surface area is 195 Å². The van der Waals surface area contributed by atoms with E-state index < -0.39 is 0 Å². The number of furan rings is 2. The SMILES string of the molecule is Cc1cc(CCNc2nc(N)nc(NN(CCc3coc(C)c3)c3nc(N)nc(N)n3)n2)co1. The molecule has 178 valence electrons. The molecule has 0 aliphatic heterocycles. The summed E-state index contributed by atoms with van der Waals surface area (Å²) >= 11 is 0. The van der Waals surface area contributed by atoms with E-state index in [0.29, 0.717) is 25.5 Å². The number of aryl methyl sites for hydroxylation is 2. The van der Waals surface area contributed by atoms with Gasteiger partial charge in [0.25, 0.3) is 5.95 Å². The summed E-state index contributed by atoms with van der Waals surface area (Å²) in [5.41, 5.74) is 22.6. The highest BCUT2D eigenvalue weighted by molar-refractivity contribution is 5.48. The van der Waals surface area contributed by atoms with Crippen molar-refractivity contribution in [2.24, 2.45) is 0 Å². The molecule has 4 aromatic heterocycles. The second-order valence-electron chi connectivity index (χ2n) is 7.51. The van der Waals surface area contributed by atoms with E-state index in [1.165, 1.54) is 0 Å². The summed E-state index contributed by atoms with van der Waals surface area (Å²) in [5.74, 6) is 2.39. The predicted molar refractivity (Wildman–Crippen MR) is 127 cm³/mol. The van der Waals surface area contributed by atoms with Gasteiger partial charge in [-0.2, -0.15) is 29.9 Å². The second kappa shape index (κ2) is 9.89. The molecule has 0 saturated heterocycles. The van der Waals surface area contributed by atoms with Crippen molar-refractivity contribution in [1.82, 2.24) is 29.9 Å². The maximum absolute atomic E-state index is 5.91. The van der Waals surface area contributed by atoms with Gasteiger partial charge in [0, 0.05) is 13.1 Å². The number of aromatic nitrogens is 6. The van der Waals surface area contributed by atoms with E-state index in [4.69, 9.17) is 26.0 Å². The fraction of sp³-hybridized carbons (Fsp3) is 0.300. The van der Waals surface area contributed by atoms with Crippen LogP contribution in [0, 0.1) is 13.8 Å². The van der Waals surface area contributed by atoms with Crippen LogP contribution in [-0.4, -0.2) is 43.0 Å². The lowest BCUT2D eigenvalue weighted by molar-refractivity contribution is 0.531. The first-order valence-electron chi connectivity index (χ1n) is 10.5. The van der Waals surface area contributed by atoms with Crippen molar-refractivity contribution in [3.8, 4) is 0 Å². The lowest BCUT2D eigenvalue weighted by Crippen LogP contribution is -2.35. The van der Waals surface area contributed by atoms with Gasteiger partial charge in [-0.05, 0) is 49.9 Å². The zero-order valence-electron chi connectivity index (χ0n) is 18.8. The van der Waals surface area contributed by atoms with E-state index in [1.807, 2.05) is 26.0 Å². The first kappa shape index (κ1) is 22.6. The number of nitrogens with zero attached hydrogens (tertiary/aromatic N) is 7.